The van der Waals surface area contributed by atoms with Crippen LogP contribution < -0.4 is 0 Å². The van der Waals surface area contributed by atoms with Crippen molar-refractivity contribution in [2.24, 2.45) is 0 Å². The van der Waals surface area contributed by atoms with E-state index in [0.717, 1.165) is 57.8 Å². The lowest BCUT2D eigenvalue weighted by molar-refractivity contribution is -0.161. The van der Waals surface area contributed by atoms with E-state index < -0.39 is 32.5 Å². The van der Waals surface area contributed by atoms with Crippen LogP contribution in [0.1, 0.15) is 155 Å². The van der Waals surface area contributed by atoms with Gasteiger partial charge in [-0.25, -0.2) is 4.57 Å². The van der Waals surface area contributed by atoms with Gasteiger partial charge in [0.05, 0.1) is 18.8 Å². The van der Waals surface area contributed by atoms with E-state index >= 15 is 0 Å². The van der Waals surface area contributed by atoms with Gasteiger partial charge in [0.1, 0.15) is 6.61 Å². The highest BCUT2D eigenvalue weighted by atomic mass is 31.2. The van der Waals surface area contributed by atoms with Crippen LogP contribution in [0.3, 0.4) is 0 Å². The molecule has 3 atom stereocenters. The Labute approximate surface area is 333 Å². The van der Waals surface area contributed by atoms with E-state index in [-0.39, 0.29) is 19.4 Å². The third-order valence-corrected chi connectivity index (χ3v) is 9.30. The number of rotatable bonds is 36. The highest BCUT2D eigenvalue weighted by molar-refractivity contribution is 7.46. The second-order valence-corrected chi connectivity index (χ2v) is 15.2. The van der Waals surface area contributed by atoms with E-state index in [4.69, 9.17) is 24.0 Å². The molecule has 0 aromatic carbocycles. The van der Waals surface area contributed by atoms with E-state index in [1.165, 1.54) is 51.4 Å². The Morgan fingerprint density at radius 2 is 1.07 bits per heavy atom. The van der Waals surface area contributed by atoms with Crippen molar-refractivity contribution in [1.29, 1.82) is 0 Å². The molecule has 312 valence electrons. The van der Waals surface area contributed by atoms with E-state index in [1.54, 1.807) is 0 Å². The monoisotopic (exact) mass is 788 g/mol. The number of epoxide rings is 1. The SMILES string of the molecule is CCCCC/C=C\C/C=C\C/C=C\C/C=C\CCCCCC(=O)OC[C@H](COP(=O)(O)O)OC(=O)CCC/C=C\C/C=C\C/C=C\CC1OC1CCCCC. The van der Waals surface area contributed by atoms with Crippen LogP contribution in [-0.4, -0.2) is 53.3 Å². The lowest BCUT2D eigenvalue weighted by Gasteiger charge is -2.18. The first-order chi connectivity index (χ1) is 26.7. The maximum Gasteiger partial charge on any atom is 0.469 e. The number of hydrogen-bond donors (Lipinski definition) is 2. The van der Waals surface area contributed by atoms with Crippen molar-refractivity contribution in [1.82, 2.24) is 0 Å². The summed E-state index contributed by atoms with van der Waals surface area (Å²) in [7, 11) is -4.79. The molecule has 0 aliphatic carbocycles. The molecular formula is C45H73O9P. The van der Waals surface area contributed by atoms with Crippen LogP contribution in [0.2, 0.25) is 0 Å². The average Bonchev–Trinajstić information content (AvgIpc) is 3.91. The minimum Gasteiger partial charge on any atom is -0.462 e. The summed E-state index contributed by atoms with van der Waals surface area (Å²) in [5, 5.41) is 0. The molecule has 1 fully saturated rings. The fourth-order valence-corrected chi connectivity index (χ4v) is 5.92. The van der Waals surface area contributed by atoms with E-state index in [0.29, 0.717) is 31.5 Å². The van der Waals surface area contributed by atoms with Crippen molar-refractivity contribution in [3.63, 3.8) is 0 Å². The summed E-state index contributed by atoms with van der Waals surface area (Å²) in [5.74, 6) is -1.000. The second-order valence-electron chi connectivity index (χ2n) is 14.0. The molecule has 9 nitrogen and oxygen atoms in total. The number of hydrogen-bond acceptors (Lipinski definition) is 7. The summed E-state index contributed by atoms with van der Waals surface area (Å²) in [4.78, 5) is 42.8. The first-order valence-electron chi connectivity index (χ1n) is 21.0. The van der Waals surface area contributed by atoms with Crippen LogP contribution in [-0.2, 0) is 32.9 Å². The molecule has 1 aliphatic heterocycles. The highest BCUT2D eigenvalue weighted by Gasteiger charge is 2.36. The molecule has 0 aromatic rings. The van der Waals surface area contributed by atoms with Crippen molar-refractivity contribution < 1.29 is 42.7 Å². The summed E-state index contributed by atoms with van der Waals surface area (Å²) in [6.07, 6.45) is 50.5. The number of ether oxygens (including phenoxy) is 3. The minimum absolute atomic E-state index is 0.120. The van der Waals surface area contributed by atoms with Crippen molar-refractivity contribution in [3.8, 4) is 0 Å². The quantitative estimate of drug-likeness (QED) is 0.0209. The second kappa shape index (κ2) is 35.6. The standard InChI is InChI=1S/C45H73O9P/c1-3-5-7-8-9-10-11-12-13-14-15-16-17-18-19-23-26-29-33-37-44(46)51-39-41(40-52-55(48,49)50)53-45(47)38-34-30-27-24-21-20-22-25-28-32-36-43-42(54-43)35-31-6-4-2/h9-10,12-13,15-16,18-20,22,24,27-28,32,41-43H,3-8,11,14,17,21,23,25-26,29-31,33-40H2,1-2H3,(H2,48,49,50)/b10-9-,13-12-,16-15-,19-18-,22-20-,27-24-,32-28-/t41-,42?,43?/m1/s1. The molecule has 0 spiro atoms. The Bertz CT molecular complexity index is 1230. The van der Waals surface area contributed by atoms with Crippen molar-refractivity contribution in [2.45, 2.75) is 173 Å². The molecule has 0 radical (unpaired) electrons. The summed E-state index contributed by atoms with van der Waals surface area (Å²) in [6, 6.07) is 0. The number of esters is 2. The Hall–Kier alpha value is -2.81. The van der Waals surface area contributed by atoms with Crippen LogP contribution in [0.15, 0.2) is 85.1 Å². The zero-order chi connectivity index (χ0) is 40.1. The average molecular weight is 789 g/mol. The zero-order valence-corrected chi connectivity index (χ0v) is 34.9. The lowest BCUT2D eigenvalue weighted by atomic mass is 10.1. The van der Waals surface area contributed by atoms with Crippen LogP contribution in [0.5, 0.6) is 0 Å². The van der Waals surface area contributed by atoms with Gasteiger partial charge in [-0.2, -0.15) is 0 Å². The first kappa shape index (κ1) is 50.2. The summed E-state index contributed by atoms with van der Waals surface area (Å²) >= 11 is 0. The molecule has 1 heterocycles. The summed E-state index contributed by atoms with van der Waals surface area (Å²) < 4.78 is 32.0. The van der Waals surface area contributed by atoms with Crippen molar-refractivity contribution in [2.75, 3.05) is 13.2 Å². The van der Waals surface area contributed by atoms with Crippen molar-refractivity contribution >= 4 is 19.8 Å². The minimum atomic E-state index is -4.79. The maximum absolute atomic E-state index is 12.4. The van der Waals surface area contributed by atoms with E-state index in [9.17, 15) is 14.2 Å². The van der Waals surface area contributed by atoms with Gasteiger partial charge in [-0.1, -0.05) is 137 Å². The molecule has 2 unspecified atom stereocenters. The van der Waals surface area contributed by atoms with Gasteiger partial charge in [0.2, 0.25) is 0 Å². The lowest BCUT2D eigenvalue weighted by Crippen LogP contribution is -2.29. The molecule has 55 heavy (non-hydrogen) atoms. The molecular weight excluding hydrogens is 715 g/mol. The summed E-state index contributed by atoms with van der Waals surface area (Å²) in [5.41, 5.74) is 0. The molecule has 0 aromatic heterocycles. The van der Waals surface area contributed by atoms with Gasteiger partial charge in [-0.3, -0.25) is 14.1 Å². The van der Waals surface area contributed by atoms with E-state index in [1.807, 2.05) is 12.2 Å². The molecule has 1 aliphatic rings. The number of phosphoric acid groups is 1. The van der Waals surface area contributed by atoms with Gasteiger partial charge in [0, 0.05) is 12.8 Å². The summed E-state index contributed by atoms with van der Waals surface area (Å²) in [6.45, 7) is 3.54. The maximum atomic E-state index is 12.4. The van der Waals surface area contributed by atoms with Gasteiger partial charge >= 0.3 is 19.8 Å². The highest BCUT2D eigenvalue weighted by Crippen LogP contribution is 2.36. The molecule has 0 bridgehead atoms. The molecule has 2 N–H and O–H groups in total. The van der Waals surface area contributed by atoms with Gasteiger partial charge < -0.3 is 24.0 Å². The number of unbranched alkanes of at least 4 members (excludes halogenated alkanes) is 9. The Kier molecular flexibility index (Phi) is 32.5. The van der Waals surface area contributed by atoms with Crippen LogP contribution in [0, 0.1) is 0 Å². The van der Waals surface area contributed by atoms with Gasteiger partial charge in [-0.15, -0.1) is 0 Å². The Balaban J connectivity index is 2.14. The Morgan fingerprint density at radius 1 is 0.582 bits per heavy atom. The smallest absolute Gasteiger partial charge is 0.462 e. The fourth-order valence-electron chi connectivity index (χ4n) is 5.56. The normalized spacial score (nSPS) is 17.0. The third-order valence-electron chi connectivity index (χ3n) is 8.81. The third kappa shape index (κ3) is 35.4. The van der Waals surface area contributed by atoms with Crippen LogP contribution in [0.25, 0.3) is 0 Å². The van der Waals surface area contributed by atoms with Gasteiger partial charge in [-0.05, 0) is 89.9 Å². The largest absolute Gasteiger partial charge is 0.469 e. The molecule has 1 rings (SSSR count). The van der Waals surface area contributed by atoms with Crippen molar-refractivity contribution in [3.05, 3.63) is 85.1 Å². The molecule has 10 heteroatoms. The number of allylic oxidation sites excluding steroid dienone is 13. The number of carbonyl (C=O) groups excluding carboxylic acids is 2. The van der Waals surface area contributed by atoms with Crippen LogP contribution in [0.4, 0.5) is 0 Å². The van der Waals surface area contributed by atoms with Gasteiger partial charge in [0.15, 0.2) is 6.10 Å². The number of carbonyl (C=O) groups is 2. The van der Waals surface area contributed by atoms with Crippen LogP contribution >= 0.6 is 7.82 Å². The predicted octanol–water partition coefficient (Wildman–Crippen LogP) is 11.8. The zero-order valence-electron chi connectivity index (χ0n) is 34.0. The molecule has 0 amide bonds. The van der Waals surface area contributed by atoms with E-state index in [2.05, 4.69) is 91.3 Å². The first-order valence-corrected chi connectivity index (χ1v) is 22.5. The number of phosphoric ester groups is 1. The Morgan fingerprint density at radius 3 is 1.64 bits per heavy atom. The topological polar surface area (TPSA) is 132 Å². The molecule has 0 saturated carbocycles. The van der Waals surface area contributed by atoms with Gasteiger partial charge in [0.25, 0.3) is 0 Å². The molecule has 1 saturated heterocycles. The predicted molar refractivity (Wildman–Crippen MR) is 224 cm³/mol. The fraction of sp³-hybridized carbons (Fsp3) is 0.644.